The van der Waals surface area contributed by atoms with E-state index in [1.165, 1.54) is 0 Å². The molecule has 0 aliphatic carbocycles. The molecule has 1 heterocycles. The molecule has 0 bridgehead atoms. The Labute approximate surface area is 110 Å². The summed E-state index contributed by atoms with van der Waals surface area (Å²) < 4.78 is 27.6. The van der Waals surface area contributed by atoms with Crippen molar-refractivity contribution in [1.29, 1.82) is 0 Å². The van der Waals surface area contributed by atoms with Crippen molar-refractivity contribution in [1.82, 2.24) is 0 Å². The summed E-state index contributed by atoms with van der Waals surface area (Å²) in [6.45, 7) is 0. The van der Waals surface area contributed by atoms with E-state index in [2.05, 4.69) is 5.32 Å². The molecule has 0 unspecified atom stereocenters. The molecule has 0 aromatic heterocycles. The number of nitrogens with one attached hydrogen (secondary N) is 1. The molecule has 1 aromatic rings. The van der Waals surface area contributed by atoms with Crippen molar-refractivity contribution in [2.75, 3.05) is 16.8 Å². The minimum absolute atomic E-state index is 0.155. The van der Waals surface area contributed by atoms with Crippen molar-refractivity contribution in [2.45, 2.75) is 11.5 Å². The van der Waals surface area contributed by atoms with Crippen LogP contribution in [0.25, 0.3) is 0 Å². The first-order valence-electron chi connectivity index (χ1n) is 5.33. The Hall–Kier alpha value is -1.27. The van der Waals surface area contributed by atoms with Gasteiger partial charge in [-0.25, -0.2) is 13.2 Å². The summed E-state index contributed by atoms with van der Waals surface area (Å²) in [6.07, 6.45) is -1.49. The number of alkyl halides is 1. The van der Waals surface area contributed by atoms with Crippen LogP contribution >= 0.6 is 11.6 Å². The molecule has 0 radical (unpaired) electrons. The van der Waals surface area contributed by atoms with Gasteiger partial charge >= 0.3 is 6.09 Å². The van der Waals surface area contributed by atoms with Crippen LogP contribution in [0.3, 0.4) is 0 Å². The fourth-order valence-corrected chi connectivity index (χ4v) is 4.15. The number of rotatable bonds is 2. The number of carbonyl (C=O) groups is 1. The Morgan fingerprint density at radius 2 is 1.94 bits per heavy atom. The number of anilines is 1. The van der Waals surface area contributed by atoms with Gasteiger partial charge in [0.1, 0.15) is 6.10 Å². The molecule has 1 aliphatic rings. The van der Waals surface area contributed by atoms with Crippen molar-refractivity contribution in [3.05, 3.63) is 30.3 Å². The van der Waals surface area contributed by atoms with Crippen LogP contribution in [-0.4, -0.2) is 37.5 Å². The number of amides is 1. The molecule has 7 heteroatoms. The molecule has 98 valence electrons. The average molecular weight is 290 g/mol. The van der Waals surface area contributed by atoms with Gasteiger partial charge < -0.3 is 4.74 Å². The maximum absolute atomic E-state index is 11.5. The summed E-state index contributed by atoms with van der Waals surface area (Å²) in [5, 5.41) is 1.82. The first kappa shape index (κ1) is 13.2. The third-order valence-corrected chi connectivity index (χ3v) is 4.84. The van der Waals surface area contributed by atoms with Crippen molar-refractivity contribution in [3.8, 4) is 0 Å². The van der Waals surface area contributed by atoms with Gasteiger partial charge in [-0.15, -0.1) is 11.6 Å². The number of benzene rings is 1. The quantitative estimate of drug-likeness (QED) is 0.840. The maximum Gasteiger partial charge on any atom is 0.411 e. The molecule has 0 spiro atoms. The standard InChI is InChI=1S/C11H12ClNO4S/c12-9-6-18(15,16)7-10(9)17-11(14)13-8-4-2-1-3-5-8/h1-5,9-10H,6-7H2,(H,13,14)/t9-,10-/m1/s1. The van der Waals surface area contributed by atoms with Crippen molar-refractivity contribution >= 4 is 33.2 Å². The van der Waals surface area contributed by atoms with E-state index >= 15 is 0 Å². The van der Waals surface area contributed by atoms with E-state index in [1.807, 2.05) is 6.07 Å². The number of sulfone groups is 1. The zero-order valence-electron chi connectivity index (χ0n) is 9.37. The topological polar surface area (TPSA) is 72.5 Å². The Kier molecular flexibility index (Phi) is 3.77. The molecular weight excluding hydrogens is 278 g/mol. The number of para-hydroxylation sites is 1. The van der Waals surface area contributed by atoms with Crippen molar-refractivity contribution in [3.63, 3.8) is 0 Å². The lowest BCUT2D eigenvalue weighted by molar-refractivity contribution is 0.125. The van der Waals surface area contributed by atoms with Gasteiger partial charge in [-0.2, -0.15) is 0 Å². The van der Waals surface area contributed by atoms with Gasteiger partial charge in [0.15, 0.2) is 9.84 Å². The van der Waals surface area contributed by atoms with Crippen LogP contribution in [0.2, 0.25) is 0 Å². The van der Waals surface area contributed by atoms with Crippen LogP contribution in [0.5, 0.6) is 0 Å². The zero-order valence-corrected chi connectivity index (χ0v) is 10.9. The van der Waals surface area contributed by atoms with Crippen LogP contribution in [0.1, 0.15) is 0 Å². The molecule has 1 aliphatic heterocycles. The summed E-state index contributed by atoms with van der Waals surface area (Å²) in [5.41, 5.74) is 0.578. The summed E-state index contributed by atoms with van der Waals surface area (Å²) >= 11 is 5.83. The van der Waals surface area contributed by atoms with E-state index in [0.29, 0.717) is 5.69 Å². The van der Waals surface area contributed by atoms with Gasteiger partial charge in [-0.1, -0.05) is 18.2 Å². The monoisotopic (exact) mass is 289 g/mol. The van der Waals surface area contributed by atoms with Gasteiger partial charge in [0.05, 0.1) is 16.9 Å². The maximum atomic E-state index is 11.5. The Morgan fingerprint density at radius 1 is 1.28 bits per heavy atom. The fourth-order valence-electron chi connectivity index (χ4n) is 1.69. The van der Waals surface area contributed by atoms with E-state index in [-0.39, 0.29) is 11.5 Å². The molecule has 18 heavy (non-hydrogen) atoms. The predicted octanol–water partition coefficient (Wildman–Crippen LogP) is 1.64. The van der Waals surface area contributed by atoms with Crippen molar-refractivity contribution in [2.24, 2.45) is 0 Å². The highest BCUT2D eigenvalue weighted by Crippen LogP contribution is 2.21. The molecule has 1 aromatic carbocycles. The Bertz CT molecular complexity index is 531. The van der Waals surface area contributed by atoms with E-state index in [1.54, 1.807) is 24.3 Å². The smallest absolute Gasteiger partial charge is 0.411 e. The molecule has 1 fully saturated rings. The van der Waals surface area contributed by atoms with Crippen LogP contribution in [0.4, 0.5) is 10.5 Å². The lowest BCUT2D eigenvalue weighted by Crippen LogP contribution is -2.28. The SMILES string of the molecule is O=C(Nc1ccccc1)O[C@@H]1CS(=O)(=O)C[C@H]1Cl. The summed E-state index contributed by atoms with van der Waals surface area (Å²) in [6, 6.07) is 8.74. The Balaban J connectivity index is 1.93. The second-order valence-electron chi connectivity index (χ2n) is 4.03. The van der Waals surface area contributed by atoms with E-state index < -0.39 is 27.4 Å². The lowest BCUT2D eigenvalue weighted by Gasteiger charge is -2.14. The fraction of sp³-hybridized carbons (Fsp3) is 0.364. The molecular formula is C11H12ClNO4S. The number of ether oxygens (including phenoxy) is 1. The summed E-state index contributed by atoms with van der Waals surface area (Å²) in [4.78, 5) is 11.5. The first-order valence-corrected chi connectivity index (χ1v) is 7.59. The molecule has 2 rings (SSSR count). The molecule has 1 amide bonds. The average Bonchev–Trinajstić information content (AvgIpc) is 2.53. The zero-order chi connectivity index (χ0) is 13.2. The highest BCUT2D eigenvalue weighted by atomic mass is 35.5. The molecule has 2 atom stereocenters. The number of carbonyl (C=O) groups excluding carboxylic acids is 1. The normalized spacial score (nSPS) is 25.6. The van der Waals surface area contributed by atoms with E-state index in [9.17, 15) is 13.2 Å². The third kappa shape index (κ3) is 3.36. The number of halogens is 1. The predicted molar refractivity (Wildman–Crippen MR) is 68.6 cm³/mol. The minimum atomic E-state index is -3.20. The molecule has 1 saturated heterocycles. The van der Waals surface area contributed by atoms with Gasteiger partial charge in [0, 0.05) is 5.69 Å². The highest BCUT2D eigenvalue weighted by molar-refractivity contribution is 7.91. The summed E-state index contributed by atoms with van der Waals surface area (Å²) in [5.74, 6) is -0.374. The first-order chi connectivity index (χ1) is 8.46. The van der Waals surface area contributed by atoms with Gasteiger partial charge in [0.2, 0.25) is 0 Å². The van der Waals surface area contributed by atoms with E-state index in [0.717, 1.165) is 0 Å². The van der Waals surface area contributed by atoms with Crippen LogP contribution in [0.15, 0.2) is 30.3 Å². The van der Waals surface area contributed by atoms with Crippen LogP contribution in [-0.2, 0) is 14.6 Å². The lowest BCUT2D eigenvalue weighted by atomic mass is 10.3. The Morgan fingerprint density at radius 3 is 2.50 bits per heavy atom. The van der Waals surface area contributed by atoms with E-state index in [4.69, 9.17) is 16.3 Å². The third-order valence-electron chi connectivity index (χ3n) is 2.51. The molecule has 0 saturated carbocycles. The van der Waals surface area contributed by atoms with Gasteiger partial charge in [-0.05, 0) is 12.1 Å². The summed E-state index contributed by atoms with van der Waals surface area (Å²) in [7, 11) is -3.20. The van der Waals surface area contributed by atoms with Crippen LogP contribution in [0, 0.1) is 0 Å². The van der Waals surface area contributed by atoms with Crippen LogP contribution < -0.4 is 5.32 Å². The van der Waals surface area contributed by atoms with Gasteiger partial charge in [0.25, 0.3) is 0 Å². The molecule has 1 N–H and O–H groups in total. The molecule has 5 nitrogen and oxygen atoms in total. The number of hydrogen-bond donors (Lipinski definition) is 1. The second-order valence-corrected chi connectivity index (χ2v) is 6.74. The number of hydrogen-bond acceptors (Lipinski definition) is 4. The second kappa shape index (κ2) is 5.16. The minimum Gasteiger partial charge on any atom is -0.443 e. The van der Waals surface area contributed by atoms with Gasteiger partial charge in [-0.3, -0.25) is 5.32 Å². The highest BCUT2D eigenvalue weighted by Gasteiger charge is 2.39. The van der Waals surface area contributed by atoms with Crippen molar-refractivity contribution < 1.29 is 17.9 Å². The largest absolute Gasteiger partial charge is 0.443 e.